The lowest BCUT2D eigenvalue weighted by molar-refractivity contribution is -0.130. The van der Waals surface area contributed by atoms with Crippen LogP contribution >= 0.6 is 0 Å². The minimum Gasteiger partial charge on any atom is -0.300 e. The van der Waals surface area contributed by atoms with Gasteiger partial charge in [-0.15, -0.1) is 0 Å². The fraction of sp³-hybridized carbons (Fsp3) is 0.560. The molecule has 0 aromatic heterocycles. The number of hydrogen-bond donors (Lipinski definition) is 0. The highest BCUT2D eigenvalue weighted by Gasteiger charge is 2.38. The summed E-state index contributed by atoms with van der Waals surface area (Å²) in [6.45, 7) is 5.31. The van der Waals surface area contributed by atoms with Crippen molar-refractivity contribution < 1.29 is 14.4 Å². The molecule has 1 aromatic carbocycles. The molecule has 0 amide bonds. The Bertz CT molecular complexity index is 731. The van der Waals surface area contributed by atoms with Crippen LogP contribution in [-0.4, -0.2) is 17.3 Å². The molecule has 28 heavy (non-hydrogen) atoms. The quantitative estimate of drug-likeness (QED) is 0.414. The maximum Gasteiger partial charge on any atom is 0.152 e. The van der Waals surface area contributed by atoms with Gasteiger partial charge < -0.3 is 0 Å². The molecule has 3 heteroatoms. The first-order valence-electron chi connectivity index (χ1n) is 10.6. The highest BCUT2D eigenvalue weighted by Crippen LogP contribution is 2.42. The minimum atomic E-state index is -0.415. The molecule has 2 rings (SSSR count). The second-order valence-electron chi connectivity index (χ2n) is 8.44. The van der Waals surface area contributed by atoms with E-state index in [4.69, 9.17) is 0 Å². The summed E-state index contributed by atoms with van der Waals surface area (Å²) in [6.07, 6.45) is 10.5. The van der Waals surface area contributed by atoms with Gasteiger partial charge in [0.15, 0.2) is 5.78 Å². The lowest BCUT2D eigenvalue weighted by Crippen LogP contribution is -2.30. The maximum absolute atomic E-state index is 13.3. The Labute approximate surface area is 169 Å². The lowest BCUT2D eigenvalue weighted by atomic mass is 9.72. The first kappa shape index (κ1) is 22.3. The van der Waals surface area contributed by atoms with Crippen molar-refractivity contribution in [1.29, 1.82) is 0 Å². The zero-order valence-corrected chi connectivity index (χ0v) is 17.6. The Morgan fingerprint density at radius 3 is 2.54 bits per heavy atom. The highest BCUT2D eigenvalue weighted by atomic mass is 16.1. The number of carbonyl (C=O) groups excluding carboxylic acids is 3. The van der Waals surface area contributed by atoms with E-state index in [1.165, 1.54) is 18.1 Å². The molecule has 1 fully saturated rings. The predicted octanol–water partition coefficient (Wildman–Crippen LogP) is 5.58. The minimum absolute atomic E-state index is 0.0115. The Morgan fingerprint density at radius 1 is 1.11 bits per heavy atom. The molecular formula is C25H34O3. The smallest absolute Gasteiger partial charge is 0.152 e. The van der Waals surface area contributed by atoms with Crippen LogP contribution in [-0.2, 0) is 20.8 Å². The number of Topliss-reactive ketones (excluding diaryl/α,β-unsaturated/α-hetero) is 2. The third kappa shape index (κ3) is 6.25. The van der Waals surface area contributed by atoms with Gasteiger partial charge in [-0.3, -0.25) is 14.4 Å². The van der Waals surface area contributed by atoms with E-state index >= 15 is 0 Å². The third-order valence-corrected chi connectivity index (χ3v) is 6.32. The van der Waals surface area contributed by atoms with Crippen molar-refractivity contribution in [3.8, 4) is 0 Å². The van der Waals surface area contributed by atoms with Crippen LogP contribution in [0.3, 0.4) is 0 Å². The number of allylic oxidation sites excluding steroid dienone is 2. The number of carbonyl (C=O) groups is 3. The zero-order chi connectivity index (χ0) is 20.6. The SMILES string of the molecule is CC(=O)/C=C\CC1(C(=O)CCCc2ccccc2C)CCCC(C(C)=O)CC1. The number of hydrogen-bond acceptors (Lipinski definition) is 3. The van der Waals surface area contributed by atoms with Crippen LogP contribution in [0, 0.1) is 18.3 Å². The molecule has 2 unspecified atom stereocenters. The molecule has 0 saturated heterocycles. The molecule has 1 aliphatic carbocycles. The maximum atomic E-state index is 13.3. The summed E-state index contributed by atoms with van der Waals surface area (Å²) in [5, 5.41) is 0. The number of ketones is 3. The van der Waals surface area contributed by atoms with E-state index in [1.54, 1.807) is 13.0 Å². The number of rotatable bonds is 9. The molecule has 1 aliphatic rings. The van der Waals surface area contributed by atoms with Gasteiger partial charge in [0.2, 0.25) is 0 Å². The summed E-state index contributed by atoms with van der Waals surface area (Å²) in [6, 6.07) is 8.33. The van der Waals surface area contributed by atoms with E-state index in [1.807, 2.05) is 18.2 Å². The third-order valence-electron chi connectivity index (χ3n) is 6.32. The largest absolute Gasteiger partial charge is 0.300 e. The second-order valence-corrected chi connectivity index (χ2v) is 8.44. The van der Waals surface area contributed by atoms with Crippen LogP contribution in [0.1, 0.15) is 76.3 Å². The van der Waals surface area contributed by atoms with E-state index in [0.717, 1.165) is 44.9 Å². The van der Waals surface area contributed by atoms with Crippen molar-refractivity contribution in [2.45, 2.75) is 78.6 Å². The van der Waals surface area contributed by atoms with E-state index in [0.29, 0.717) is 18.6 Å². The number of benzene rings is 1. The Balaban J connectivity index is 2.06. The fourth-order valence-electron chi connectivity index (χ4n) is 4.46. The monoisotopic (exact) mass is 382 g/mol. The molecule has 3 nitrogen and oxygen atoms in total. The van der Waals surface area contributed by atoms with Crippen LogP contribution in [0.4, 0.5) is 0 Å². The summed E-state index contributed by atoms with van der Waals surface area (Å²) in [7, 11) is 0. The Hall–Kier alpha value is -2.03. The van der Waals surface area contributed by atoms with Gasteiger partial charge >= 0.3 is 0 Å². The molecule has 1 saturated carbocycles. The number of aryl methyl sites for hydroxylation is 2. The van der Waals surface area contributed by atoms with Gasteiger partial charge in [0.1, 0.15) is 11.6 Å². The van der Waals surface area contributed by atoms with Crippen LogP contribution in [0.25, 0.3) is 0 Å². The first-order chi connectivity index (χ1) is 13.3. The molecular weight excluding hydrogens is 348 g/mol. The van der Waals surface area contributed by atoms with Crippen molar-refractivity contribution in [3.05, 3.63) is 47.5 Å². The van der Waals surface area contributed by atoms with Crippen molar-refractivity contribution in [2.24, 2.45) is 11.3 Å². The lowest BCUT2D eigenvalue weighted by Gasteiger charge is -2.30. The van der Waals surface area contributed by atoms with Crippen molar-refractivity contribution in [3.63, 3.8) is 0 Å². The van der Waals surface area contributed by atoms with Crippen molar-refractivity contribution >= 4 is 17.3 Å². The Kier molecular flexibility index (Phi) is 8.35. The molecule has 0 bridgehead atoms. The summed E-state index contributed by atoms with van der Waals surface area (Å²) in [4.78, 5) is 36.5. The van der Waals surface area contributed by atoms with E-state index in [9.17, 15) is 14.4 Å². The molecule has 0 radical (unpaired) electrons. The molecule has 0 aliphatic heterocycles. The summed E-state index contributed by atoms with van der Waals surface area (Å²) >= 11 is 0. The van der Waals surface area contributed by atoms with Gasteiger partial charge in [-0.05, 0) is 82.9 Å². The van der Waals surface area contributed by atoms with Crippen LogP contribution in [0.5, 0.6) is 0 Å². The molecule has 0 heterocycles. The molecule has 152 valence electrons. The normalized spacial score (nSPS) is 22.8. The van der Waals surface area contributed by atoms with Gasteiger partial charge in [0, 0.05) is 17.8 Å². The predicted molar refractivity (Wildman–Crippen MR) is 113 cm³/mol. The topological polar surface area (TPSA) is 51.2 Å². The van der Waals surface area contributed by atoms with Crippen molar-refractivity contribution in [1.82, 2.24) is 0 Å². The second kappa shape index (κ2) is 10.5. The standard InChI is InChI=1S/C25H34O3/c1-19-9-4-5-11-22(19)12-6-14-24(28)25(16-7-10-20(2)26)17-8-13-23(15-18-25)21(3)27/h4-5,7,9-11,23H,6,8,12-18H2,1-3H3/b10-7-. The van der Waals surface area contributed by atoms with Gasteiger partial charge in [0.05, 0.1) is 0 Å². The zero-order valence-electron chi connectivity index (χ0n) is 17.6. The average molecular weight is 383 g/mol. The van der Waals surface area contributed by atoms with E-state index < -0.39 is 5.41 Å². The fourth-order valence-corrected chi connectivity index (χ4v) is 4.46. The summed E-state index contributed by atoms with van der Waals surface area (Å²) in [5.74, 6) is 0.636. The molecule has 0 spiro atoms. The first-order valence-corrected chi connectivity index (χ1v) is 10.6. The van der Waals surface area contributed by atoms with Gasteiger partial charge in [-0.2, -0.15) is 0 Å². The van der Waals surface area contributed by atoms with Crippen LogP contribution in [0.15, 0.2) is 36.4 Å². The van der Waals surface area contributed by atoms with Crippen LogP contribution in [0.2, 0.25) is 0 Å². The molecule has 0 N–H and O–H groups in total. The van der Waals surface area contributed by atoms with Crippen molar-refractivity contribution in [2.75, 3.05) is 0 Å². The summed E-state index contributed by atoms with van der Waals surface area (Å²) in [5.41, 5.74) is 2.16. The Morgan fingerprint density at radius 2 is 1.86 bits per heavy atom. The van der Waals surface area contributed by atoms with Crippen LogP contribution < -0.4 is 0 Å². The van der Waals surface area contributed by atoms with Gasteiger partial charge in [-0.25, -0.2) is 0 Å². The van der Waals surface area contributed by atoms with E-state index in [2.05, 4.69) is 19.1 Å². The van der Waals surface area contributed by atoms with Gasteiger partial charge in [-0.1, -0.05) is 36.8 Å². The van der Waals surface area contributed by atoms with E-state index in [-0.39, 0.29) is 17.5 Å². The molecule has 2 atom stereocenters. The van der Waals surface area contributed by atoms with Gasteiger partial charge in [0.25, 0.3) is 0 Å². The average Bonchev–Trinajstić information content (AvgIpc) is 2.87. The summed E-state index contributed by atoms with van der Waals surface area (Å²) < 4.78 is 0. The highest BCUT2D eigenvalue weighted by molar-refractivity contribution is 5.88. The molecule has 1 aromatic rings.